The van der Waals surface area contributed by atoms with Crippen molar-refractivity contribution in [1.29, 1.82) is 0 Å². The van der Waals surface area contributed by atoms with Gasteiger partial charge in [-0.05, 0) is 25.6 Å². The fourth-order valence-corrected chi connectivity index (χ4v) is 1.79. The number of nitrogens with one attached hydrogen (secondary N) is 2. The van der Waals surface area contributed by atoms with E-state index in [0.29, 0.717) is 32.1 Å². The van der Waals surface area contributed by atoms with Gasteiger partial charge in [0.2, 0.25) is 0 Å². The molecule has 0 spiro atoms. The maximum absolute atomic E-state index is 11.2. The Bertz CT molecular complexity index is 453. The molecule has 0 unspecified atom stereocenters. The fourth-order valence-electron chi connectivity index (χ4n) is 1.79. The number of ether oxygens (including phenoxy) is 2. The maximum atomic E-state index is 11.2. The van der Waals surface area contributed by atoms with Gasteiger partial charge in [-0.1, -0.05) is 27.2 Å². The standard InChI is InChI=1S/C16H26N2O4.C2H6/c1-3-4-7-22-15-11-13(16(19)20)10-14(12-15)18-6-9-21-8-5-17-2;1-2/h10-12,17-18H,3-9H2,1-2H3,(H,19,20);1-2H3. The van der Waals surface area contributed by atoms with Crippen molar-refractivity contribution in [2.24, 2.45) is 0 Å². The van der Waals surface area contributed by atoms with Crippen LogP contribution in [-0.2, 0) is 4.74 Å². The summed E-state index contributed by atoms with van der Waals surface area (Å²) in [7, 11) is 1.87. The SMILES string of the molecule is CC.CCCCOc1cc(NCCOCCNC)cc(C(=O)O)c1. The molecule has 0 heterocycles. The lowest BCUT2D eigenvalue weighted by Crippen LogP contribution is -2.17. The molecule has 3 N–H and O–H groups in total. The highest BCUT2D eigenvalue weighted by molar-refractivity contribution is 5.89. The molecule has 1 rings (SSSR count). The minimum Gasteiger partial charge on any atom is -0.493 e. The average molecular weight is 340 g/mol. The zero-order valence-corrected chi connectivity index (χ0v) is 15.4. The van der Waals surface area contributed by atoms with Crippen molar-refractivity contribution < 1.29 is 19.4 Å². The van der Waals surface area contributed by atoms with E-state index in [0.717, 1.165) is 25.1 Å². The molecule has 0 aliphatic carbocycles. The molecular weight excluding hydrogens is 308 g/mol. The predicted molar refractivity (Wildman–Crippen MR) is 98.4 cm³/mol. The van der Waals surface area contributed by atoms with Crippen LogP contribution < -0.4 is 15.4 Å². The summed E-state index contributed by atoms with van der Waals surface area (Å²) in [6.45, 7) is 9.30. The van der Waals surface area contributed by atoms with Gasteiger partial charge in [-0.3, -0.25) is 0 Å². The third kappa shape index (κ3) is 10.1. The summed E-state index contributed by atoms with van der Waals surface area (Å²) in [4.78, 5) is 11.2. The number of hydrogen-bond donors (Lipinski definition) is 3. The van der Waals surface area contributed by atoms with E-state index >= 15 is 0 Å². The fraction of sp³-hybridized carbons (Fsp3) is 0.611. The second-order valence-corrected chi connectivity index (χ2v) is 4.90. The van der Waals surface area contributed by atoms with E-state index in [1.54, 1.807) is 12.1 Å². The molecule has 24 heavy (non-hydrogen) atoms. The zero-order chi connectivity index (χ0) is 18.2. The average Bonchev–Trinajstić information content (AvgIpc) is 2.60. The van der Waals surface area contributed by atoms with E-state index in [2.05, 4.69) is 17.6 Å². The van der Waals surface area contributed by atoms with Crippen LogP contribution in [-0.4, -0.2) is 51.0 Å². The number of likely N-dealkylation sites (N-methyl/N-ethyl adjacent to an activating group) is 1. The highest BCUT2D eigenvalue weighted by Crippen LogP contribution is 2.21. The predicted octanol–water partition coefficient (Wildman–Crippen LogP) is 3.24. The first-order valence-corrected chi connectivity index (χ1v) is 8.64. The number of carbonyl (C=O) groups is 1. The molecule has 1 aromatic carbocycles. The number of anilines is 1. The largest absolute Gasteiger partial charge is 0.493 e. The number of benzene rings is 1. The molecule has 0 aromatic heterocycles. The van der Waals surface area contributed by atoms with Gasteiger partial charge >= 0.3 is 5.97 Å². The van der Waals surface area contributed by atoms with Gasteiger partial charge in [0.1, 0.15) is 5.75 Å². The molecular formula is C18H32N2O4. The van der Waals surface area contributed by atoms with Gasteiger partial charge in [-0.15, -0.1) is 0 Å². The lowest BCUT2D eigenvalue weighted by molar-refractivity contribution is 0.0696. The minimum absolute atomic E-state index is 0.215. The van der Waals surface area contributed by atoms with Crippen molar-refractivity contribution in [2.45, 2.75) is 33.6 Å². The maximum Gasteiger partial charge on any atom is 0.335 e. The van der Waals surface area contributed by atoms with Gasteiger partial charge in [-0.25, -0.2) is 4.79 Å². The van der Waals surface area contributed by atoms with Crippen LogP contribution >= 0.6 is 0 Å². The van der Waals surface area contributed by atoms with Gasteiger partial charge in [-0.2, -0.15) is 0 Å². The number of carboxylic acids is 1. The molecule has 0 saturated carbocycles. The normalized spacial score (nSPS) is 9.83. The van der Waals surface area contributed by atoms with Crippen LogP contribution in [0.15, 0.2) is 18.2 Å². The summed E-state index contributed by atoms with van der Waals surface area (Å²) in [6, 6.07) is 4.96. The summed E-state index contributed by atoms with van der Waals surface area (Å²) < 4.78 is 11.0. The van der Waals surface area contributed by atoms with E-state index < -0.39 is 5.97 Å². The van der Waals surface area contributed by atoms with Crippen molar-refractivity contribution in [1.82, 2.24) is 5.32 Å². The van der Waals surface area contributed by atoms with E-state index in [1.165, 1.54) is 0 Å². The van der Waals surface area contributed by atoms with E-state index in [4.69, 9.17) is 14.6 Å². The Hall–Kier alpha value is -1.79. The lowest BCUT2D eigenvalue weighted by Gasteiger charge is -2.11. The zero-order valence-electron chi connectivity index (χ0n) is 15.4. The van der Waals surface area contributed by atoms with Crippen molar-refractivity contribution in [3.8, 4) is 5.75 Å². The number of hydrogen-bond acceptors (Lipinski definition) is 5. The molecule has 1 aromatic rings. The van der Waals surface area contributed by atoms with Crippen molar-refractivity contribution in [3.63, 3.8) is 0 Å². The summed E-state index contributed by atoms with van der Waals surface area (Å²) in [5.41, 5.74) is 0.941. The molecule has 0 aliphatic heterocycles. The van der Waals surface area contributed by atoms with Gasteiger partial charge in [0.05, 0.1) is 25.4 Å². The summed E-state index contributed by atoms with van der Waals surface area (Å²) in [6.07, 6.45) is 1.98. The summed E-state index contributed by atoms with van der Waals surface area (Å²) in [5, 5.41) is 15.3. The molecule has 6 nitrogen and oxygen atoms in total. The number of unbranched alkanes of at least 4 members (excludes halogenated alkanes) is 1. The Morgan fingerprint density at radius 3 is 2.46 bits per heavy atom. The van der Waals surface area contributed by atoms with Crippen LogP contribution in [0.25, 0.3) is 0 Å². The Morgan fingerprint density at radius 1 is 1.12 bits per heavy atom. The Balaban J connectivity index is 0.00000254. The first-order valence-electron chi connectivity index (χ1n) is 8.64. The second kappa shape index (κ2) is 14.8. The van der Waals surface area contributed by atoms with E-state index in [9.17, 15) is 4.79 Å². The number of carboxylic acid groups (broad SMARTS) is 1. The quantitative estimate of drug-likeness (QED) is 0.507. The van der Waals surface area contributed by atoms with Crippen LogP contribution in [0.3, 0.4) is 0 Å². The molecule has 0 saturated heterocycles. The van der Waals surface area contributed by atoms with Crippen LogP contribution in [0.4, 0.5) is 5.69 Å². The van der Waals surface area contributed by atoms with Crippen LogP contribution in [0.2, 0.25) is 0 Å². The molecule has 0 aliphatic rings. The molecule has 6 heteroatoms. The highest BCUT2D eigenvalue weighted by atomic mass is 16.5. The highest BCUT2D eigenvalue weighted by Gasteiger charge is 2.08. The minimum atomic E-state index is -0.964. The summed E-state index contributed by atoms with van der Waals surface area (Å²) in [5.74, 6) is -0.388. The van der Waals surface area contributed by atoms with Crippen molar-refractivity contribution >= 4 is 11.7 Å². The molecule has 0 bridgehead atoms. The number of aromatic carboxylic acids is 1. The monoisotopic (exact) mass is 340 g/mol. The molecule has 138 valence electrons. The first kappa shape index (κ1) is 22.2. The third-order valence-corrected chi connectivity index (χ3v) is 2.99. The van der Waals surface area contributed by atoms with Gasteiger partial charge < -0.3 is 25.2 Å². The Kier molecular flexibility index (Phi) is 13.7. The van der Waals surface area contributed by atoms with Crippen molar-refractivity contribution in [3.05, 3.63) is 23.8 Å². The molecule has 0 amide bonds. The first-order chi connectivity index (χ1) is 11.7. The van der Waals surface area contributed by atoms with Crippen molar-refractivity contribution in [2.75, 3.05) is 45.3 Å². The van der Waals surface area contributed by atoms with Gasteiger partial charge in [0.15, 0.2) is 0 Å². The molecule has 0 fully saturated rings. The molecule has 0 radical (unpaired) electrons. The second-order valence-electron chi connectivity index (χ2n) is 4.90. The topological polar surface area (TPSA) is 79.8 Å². The van der Waals surface area contributed by atoms with Crippen LogP contribution in [0, 0.1) is 0 Å². The van der Waals surface area contributed by atoms with E-state index in [-0.39, 0.29) is 5.56 Å². The van der Waals surface area contributed by atoms with Crippen LogP contribution in [0.1, 0.15) is 44.0 Å². The third-order valence-electron chi connectivity index (χ3n) is 2.99. The van der Waals surface area contributed by atoms with Gasteiger partial charge in [0, 0.05) is 24.8 Å². The smallest absolute Gasteiger partial charge is 0.335 e. The molecule has 0 atom stereocenters. The Morgan fingerprint density at radius 2 is 1.83 bits per heavy atom. The summed E-state index contributed by atoms with van der Waals surface area (Å²) >= 11 is 0. The van der Waals surface area contributed by atoms with E-state index in [1.807, 2.05) is 27.0 Å². The number of rotatable bonds is 12. The van der Waals surface area contributed by atoms with Crippen LogP contribution in [0.5, 0.6) is 5.75 Å². The Labute approximate surface area is 145 Å². The lowest BCUT2D eigenvalue weighted by atomic mass is 10.2. The van der Waals surface area contributed by atoms with Gasteiger partial charge in [0.25, 0.3) is 0 Å².